The van der Waals surface area contributed by atoms with Crippen molar-refractivity contribution in [3.8, 4) is 0 Å². The second kappa shape index (κ2) is 3.69. The van der Waals surface area contributed by atoms with Crippen molar-refractivity contribution in [3.05, 3.63) is 12.1 Å². The second-order valence-corrected chi connectivity index (χ2v) is 1.65. The highest BCUT2D eigenvalue weighted by atomic mass is 16.5. The molecule has 0 rings (SSSR count). The Kier molecular flexibility index (Phi) is 3.57. The van der Waals surface area contributed by atoms with Crippen molar-refractivity contribution >= 4 is 7.12 Å². The minimum Gasteiger partial charge on any atom is -0.423 e. The standard InChI is InChI=1S/C5H11BO2/c1-4-8-6(7)5(2)3/h7H,2,4H2,1,3H3. The highest BCUT2D eigenvalue weighted by Gasteiger charge is 2.10. The van der Waals surface area contributed by atoms with Crippen LogP contribution in [0.5, 0.6) is 0 Å². The van der Waals surface area contributed by atoms with Gasteiger partial charge in [-0.3, -0.25) is 0 Å². The molecule has 0 aliphatic heterocycles. The third-order valence-corrected chi connectivity index (χ3v) is 0.746. The average molecular weight is 114 g/mol. The van der Waals surface area contributed by atoms with Gasteiger partial charge in [0.05, 0.1) is 0 Å². The monoisotopic (exact) mass is 114 g/mol. The van der Waals surface area contributed by atoms with Gasteiger partial charge in [0.2, 0.25) is 0 Å². The van der Waals surface area contributed by atoms with Crippen molar-refractivity contribution in [1.82, 2.24) is 0 Å². The van der Waals surface area contributed by atoms with Gasteiger partial charge in [-0.1, -0.05) is 5.47 Å². The summed E-state index contributed by atoms with van der Waals surface area (Å²) >= 11 is 0. The van der Waals surface area contributed by atoms with E-state index in [1.807, 2.05) is 6.92 Å². The molecule has 0 bridgehead atoms. The summed E-state index contributed by atoms with van der Waals surface area (Å²) in [6.45, 7) is 7.57. The first-order chi connectivity index (χ1) is 3.68. The number of hydrogen-bond donors (Lipinski definition) is 1. The van der Waals surface area contributed by atoms with Gasteiger partial charge in [0.25, 0.3) is 0 Å². The maximum absolute atomic E-state index is 8.80. The first-order valence-corrected chi connectivity index (χ1v) is 2.63. The predicted octanol–water partition coefficient (Wildman–Crippen LogP) is 0.619. The Hall–Kier alpha value is -0.275. The lowest BCUT2D eigenvalue weighted by atomic mass is 9.81. The van der Waals surface area contributed by atoms with E-state index < -0.39 is 7.12 Å². The van der Waals surface area contributed by atoms with Crippen molar-refractivity contribution < 1.29 is 9.68 Å². The Labute approximate surface area is 50.3 Å². The summed E-state index contributed by atoms with van der Waals surface area (Å²) in [6.07, 6.45) is 0. The fraction of sp³-hybridized carbons (Fsp3) is 0.600. The maximum Gasteiger partial charge on any atom is 0.485 e. The molecule has 3 heteroatoms. The number of allylic oxidation sites excluding steroid dienone is 1. The van der Waals surface area contributed by atoms with Gasteiger partial charge in [0, 0.05) is 6.61 Å². The minimum absolute atomic E-state index is 0.522. The van der Waals surface area contributed by atoms with E-state index in [-0.39, 0.29) is 0 Å². The van der Waals surface area contributed by atoms with Crippen LogP contribution in [0.25, 0.3) is 0 Å². The molecule has 1 N–H and O–H groups in total. The summed E-state index contributed by atoms with van der Waals surface area (Å²) in [4.78, 5) is 0. The van der Waals surface area contributed by atoms with Crippen molar-refractivity contribution in [2.24, 2.45) is 0 Å². The molecule has 46 valence electrons. The lowest BCUT2D eigenvalue weighted by Gasteiger charge is -2.02. The summed E-state index contributed by atoms with van der Waals surface area (Å²) in [6, 6.07) is 0. The summed E-state index contributed by atoms with van der Waals surface area (Å²) < 4.78 is 4.76. The zero-order chi connectivity index (χ0) is 6.57. The Balaban J connectivity index is 3.32. The van der Waals surface area contributed by atoms with Crippen molar-refractivity contribution in [2.75, 3.05) is 6.61 Å². The van der Waals surface area contributed by atoms with E-state index in [2.05, 4.69) is 6.58 Å². The van der Waals surface area contributed by atoms with Gasteiger partial charge in [-0.25, -0.2) is 0 Å². The Morgan fingerprint density at radius 3 is 2.50 bits per heavy atom. The van der Waals surface area contributed by atoms with Crippen LogP contribution in [0.15, 0.2) is 12.1 Å². The normalized spacial score (nSPS) is 8.88. The molecule has 0 saturated carbocycles. The molecular formula is C5H11BO2. The van der Waals surface area contributed by atoms with Crippen LogP contribution in [0.2, 0.25) is 0 Å². The van der Waals surface area contributed by atoms with Crippen LogP contribution in [0.4, 0.5) is 0 Å². The van der Waals surface area contributed by atoms with Gasteiger partial charge in [-0.15, -0.1) is 6.58 Å². The van der Waals surface area contributed by atoms with Crippen LogP contribution in [-0.4, -0.2) is 18.7 Å². The van der Waals surface area contributed by atoms with Crippen LogP contribution in [0.1, 0.15) is 13.8 Å². The summed E-state index contributed by atoms with van der Waals surface area (Å²) in [5, 5.41) is 8.80. The van der Waals surface area contributed by atoms with Crippen molar-refractivity contribution in [1.29, 1.82) is 0 Å². The Bertz CT molecular complexity index is 82.5. The lowest BCUT2D eigenvalue weighted by molar-refractivity contribution is 0.283. The van der Waals surface area contributed by atoms with E-state index in [0.29, 0.717) is 12.1 Å². The molecular weight excluding hydrogens is 103 g/mol. The first-order valence-electron chi connectivity index (χ1n) is 2.63. The largest absolute Gasteiger partial charge is 0.485 e. The fourth-order valence-corrected chi connectivity index (χ4v) is 0.300. The molecule has 0 aromatic rings. The van der Waals surface area contributed by atoms with Crippen LogP contribution in [0, 0.1) is 0 Å². The molecule has 0 aliphatic rings. The van der Waals surface area contributed by atoms with E-state index in [1.165, 1.54) is 0 Å². The molecule has 0 radical (unpaired) electrons. The first kappa shape index (κ1) is 7.72. The van der Waals surface area contributed by atoms with E-state index >= 15 is 0 Å². The van der Waals surface area contributed by atoms with Gasteiger partial charge >= 0.3 is 7.12 Å². The van der Waals surface area contributed by atoms with Gasteiger partial charge < -0.3 is 9.68 Å². The van der Waals surface area contributed by atoms with Gasteiger partial charge in [-0.05, 0) is 13.8 Å². The quantitative estimate of drug-likeness (QED) is 0.545. The van der Waals surface area contributed by atoms with E-state index in [9.17, 15) is 0 Å². The van der Waals surface area contributed by atoms with Crippen LogP contribution in [0.3, 0.4) is 0 Å². The molecule has 2 nitrogen and oxygen atoms in total. The van der Waals surface area contributed by atoms with Crippen LogP contribution in [-0.2, 0) is 4.65 Å². The van der Waals surface area contributed by atoms with Crippen molar-refractivity contribution in [3.63, 3.8) is 0 Å². The lowest BCUT2D eigenvalue weighted by Crippen LogP contribution is -2.18. The molecule has 8 heavy (non-hydrogen) atoms. The van der Waals surface area contributed by atoms with E-state index in [1.54, 1.807) is 6.92 Å². The predicted molar refractivity (Wildman–Crippen MR) is 34.4 cm³/mol. The molecule has 0 amide bonds. The smallest absolute Gasteiger partial charge is 0.423 e. The Morgan fingerprint density at radius 2 is 2.38 bits per heavy atom. The molecule has 0 saturated heterocycles. The molecule has 0 aromatic heterocycles. The summed E-state index contributed by atoms with van der Waals surface area (Å²) in [5.41, 5.74) is 0.645. The Morgan fingerprint density at radius 1 is 1.88 bits per heavy atom. The molecule has 0 aromatic carbocycles. The fourth-order valence-electron chi connectivity index (χ4n) is 0.300. The highest BCUT2D eigenvalue weighted by Crippen LogP contribution is 1.92. The summed E-state index contributed by atoms with van der Waals surface area (Å²) in [7, 11) is -0.778. The third kappa shape index (κ3) is 2.83. The molecule has 0 spiro atoms. The topological polar surface area (TPSA) is 29.5 Å². The number of hydrogen-bond acceptors (Lipinski definition) is 2. The SMILES string of the molecule is C=C(C)B(O)OCC. The maximum atomic E-state index is 8.80. The van der Waals surface area contributed by atoms with E-state index in [0.717, 1.165) is 0 Å². The van der Waals surface area contributed by atoms with E-state index in [4.69, 9.17) is 9.68 Å². The molecule has 0 fully saturated rings. The second-order valence-electron chi connectivity index (χ2n) is 1.65. The average Bonchev–Trinajstić information content (AvgIpc) is 1.67. The zero-order valence-corrected chi connectivity index (χ0v) is 5.35. The summed E-state index contributed by atoms with van der Waals surface area (Å²) in [5.74, 6) is 0. The van der Waals surface area contributed by atoms with Gasteiger partial charge in [0.1, 0.15) is 0 Å². The molecule has 0 aliphatic carbocycles. The molecule has 0 unspecified atom stereocenters. The molecule has 0 heterocycles. The zero-order valence-electron chi connectivity index (χ0n) is 5.35. The molecule has 0 atom stereocenters. The van der Waals surface area contributed by atoms with Crippen molar-refractivity contribution in [2.45, 2.75) is 13.8 Å². The van der Waals surface area contributed by atoms with Crippen LogP contribution >= 0.6 is 0 Å². The van der Waals surface area contributed by atoms with Gasteiger partial charge in [0.15, 0.2) is 0 Å². The third-order valence-electron chi connectivity index (χ3n) is 0.746. The highest BCUT2D eigenvalue weighted by molar-refractivity contribution is 6.51. The number of rotatable bonds is 3. The van der Waals surface area contributed by atoms with Gasteiger partial charge in [-0.2, -0.15) is 0 Å². The minimum atomic E-state index is -0.778. The van der Waals surface area contributed by atoms with Crippen LogP contribution < -0.4 is 0 Å².